The molecule has 1 rings (SSSR count). The Bertz CT molecular complexity index is 198. The van der Waals surface area contributed by atoms with E-state index in [1.54, 1.807) is 0 Å². The monoisotopic (exact) mass is 226 g/mol. The summed E-state index contributed by atoms with van der Waals surface area (Å²) in [6.45, 7) is 1.96. The molecule has 16 heavy (non-hydrogen) atoms. The molecule has 1 aliphatic carbocycles. The van der Waals surface area contributed by atoms with Crippen molar-refractivity contribution in [2.24, 2.45) is 5.92 Å². The Balaban J connectivity index is 2.01. The highest BCUT2D eigenvalue weighted by Gasteiger charge is 2.20. The largest absolute Gasteiger partial charge is 0.356 e. The van der Waals surface area contributed by atoms with Crippen LogP contribution in [0.4, 0.5) is 0 Å². The minimum atomic E-state index is 0.296. The number of nitrogens with one attached hydrogen (secondary N) is 1. The summed E-state index contributed by atoms with van der Waals surface area (Å²) in [5.74, 6) is 0.604. The van der Waals surface area contributed by atoms with Gasteiger partial charge in [0.15, 0.2) is 0 Å². The number of hydrogen-bond acceptors (Lipinski definition) is 2. The normalized spacial score (nSPS) is 17.7. The molecular formula is C13H26N2O. The Morgan fingerprint density at radius 1 is 1.19 bits per heavy atom. The van der Waals surface area contributed by atoms with Crippen molar-refractivity contribution in [3.63, 3.8) is 0 Å². The third-order valence-corrected chi connectivity index (χ3v) is 3.31. The highest BCUT2D eigenvalue weighted by atomic mass is 16.1. The number of carbonyl (C=O) groups is 1. The summed E-state index contributed by atoms with van der Waals surface area (Å²) in [5, 5.41) is 3.07. The quantitative estimate of drug-likeness (QED) is 0.703. The van der Waals surface area contributed by atoms with Crippen molar-refractivity contribution in [1.29, 1.82) is 0 Å². The van der Waals surface area contributed by atoms with Crippen molar-refractivity contribution in [3.05, 3.63) is 0 Å². The van der Waals surface area contributed by atoms with Crippen LogP contribution in [0.3, 0.4) is 0 Å². The van der Waals surface area contributed by atoms with E-state index in [1.807, 2.05) is 0 Å². The summed E-state index contributed by atoms with van der Waals surface area (Å²) in [4.78, 5) is 14.0. The topological polar surface area (TPSA) is 32.3 Å². The van der Waals surface area contributed by atoms with Crippen molar-refractivity contribution in [2.75, 3.05) is 27.2 Å². The van der Waals surface area contributed by atoms with Crippen LogP contribution in [0, 0.1) is 5.92 Å². The predicted molar refractivity (Wildman–Crippen MR) is 67.4 cm³/mol. The SMILES string of the molecule is CN(C)CCCCNC(=O)C1CCCCC1. The Morgan fingerprint density at radius 2 is 1.88 bits per heavy atom. The molecule has 0 aromatic carbocycles. The molecular weight excluding hydrogens is 200 g/mol. The van der Waals surface area contributed by atoms with E-state index in [1.165, 1.54) is 19.3 Å². The molecule has 1 N–H and O–H groups in total. The van der Waals surface area contributed by atoms with Gasteiger partial charge in [0.25, 0.3) is 0 Å². The maximum Gasteiger partial charge on any atom is 0.223 e. The third kappa shape index (κ3) is 5.50. The first kappa shape index (κ1) is 13.5. The number of nitrogens with zero attached hydrogens (tertiary/aromatic N) is 1. The van der Waals surface area contributed by atoms with Crippen LogP contribution in [0.1, 0.15) is 44.9 Å². The lowest BCUT2D eigenvalue weighted by Crippen LogP contribution is -2.32. The Morgan fingerprint density at radius 3 is 2.50 bits per heavy atom. The average molecular weight is 226 g/mol. The van der Waals surface area contributed by atoms with E-state index in [9.17, 15) is 4.79 Å². The molecule has 0 spiro atoms. The lowest BCUT2D eigenvalue weighted by Gasteiger charge is -2.20. The molecule has 0 aromatic heterocycles. The Hall–Kier alpha value is -0.570. The lowest BCUT2D eigenvalue weighted by atomic mass is 9.89. The smallest absolute Gasteiger partial charge is 0.223 e. The molecule has 0 unspecified atom stereocenters. The molecule has 0 aromatic rings. The number of rotatable bonds is 6. The third-order valence-electron chi connectivity index (χ3n) is 3.31. The van der Waals surface area contributed by atoms with Crippen molar-refractivity contribution in [2.45, 2.75) is 44.9 Å². The summed E-state index contributed by atoms with van der Waals surface area (Å²) in [6, 6.07) is 0. The fourth-order valence-corrected chi connectivity index (χ4v) is 2.27. The summed E-state index contributed by atoms with van der Waals surface area (Å²) in [6.07, 6.45) is 8.24. The van der Waals surface area contributed by atoms with E-state index in [4.69, 9.17) is 0 Å². The van der Waals surface area contributed by atoms with Crippen LogP contribution in [0.15, 0.2) is 0 Å². The minimum Gasteiger partial charge on any atom is -0.356 e. The molecule has 3 nitrogen and oxygen atoms in total. The van der Waals surface area contributed by atoms with Gasteiger partial charge in [0.2, 0.25) is 5.91 Å². The first-order valence-electron chi connectivity index (χ1n) is 6.62. The fraction of sp³-hybridized carbons (Fsp3) is 0.923. The van der Waals surface area contributed by atoms with Crippen molar-refractivity contribution < 1.29 is 4.79 Å². The van der Waals surface area contributed by atoms with E-state index in [-0.39, 0.29) is 0 Å². The van der Waals surface area contributed by atoms with Gasteiger partial charge < -0.3 is 10.2 Å². The first-order chi connectivity index (χ1) is 7.70. The molecule has 0 atom stereocenters. The number of carbonyl (C=O) groups excluding carboxylic acids is 1. The zero-order chi connectivity index (χ0) is 11.8. The molecule has 1 amide bonds. The summed E-state index contributed by atoms with van der Waals surface area (Å²) >= 11 is 0. The zero-order valence-electron chi connectivity index (χ0n) is 10.8. The predicted octanol–water partition coefficient (Wildman–Crippen LogP) is 2.02. The van der Waals surface area contributed by atoms with E-state index in [0.717, 1.165) is 38.8 Å². The van der Waals surface area contributed by atoms with Gasteiger partial charge in [-0.05, 0) is 46.3 Å². The van der Waals surface area contributed by atoms with Gasteiger partial charge in [-0.15, -0.1) is 0 Å². The highest BCUT2D eigenvalue weighted by molar-refractivity contribution is 5.78. The van der Waals surface area contributed by atoms with Gasteiger partial charge in [0.05, 0.1) is 0 Å². The van der Waals surface area contributed by atoms with Gasteiger partial charge in [0, 0.05) is 12.5 Å². The molecule has 94 valence electrons. The van der Waals surface area contributed by atoms with Gasteiger partial charge in [0.1, 0.15) is 0 Å². The van der Waals surface area contributed by atoms with Gasteiger partial charge in [-0.1, -0.05) is 19.3 Å². The second-order valence-electron chi connectivity index (χ2n) is 5.14. The summed E-state index contributed by atoms with van der Waals surface area (Å²) in [5.41, 5.74) is 0. The number of hydrogen-bond donors (Lipinski definition) is 1. The fourth-order valence-electron chi connectivity index (χ4n) is 2.27. The molecule has 0 bridgehead atoms. The van der Waals surface area contributed by atoms with Crippen LogP contribution >= 0.6 is 0 Å². The van der Waals surface area contributed by atoms with Crippen LogP contribution in [0.5, 0.6) is 0 Å². The van der Waals surface area contributed by atoms with Crippen LogP contribution in [0.2, 0.25) is 0 Å². The maximum absolute atomic E-state index is 11.8. The van der Waals surface area contributed by atoms with E-state index in [2.05, 4.69) is 24.3 Å². The zero-order valence-corrected chi connectivity index (χ0v) is 10.8. The van der Waals surface area contributed by atoms with Crippen molar-refractivity contribution in [3.8, 4) is 0 Å². The minimum absolute atomic E-state index is 0.296. The first-order valence-corrected chi connectivity index (χ1v) is 6.62. The molecule has 0 aliphatic heterocycles. The Labute approximate surface area is 99.6 Å². The van der Waals surface area contributed by atoms with Crippen LogP contribution in [0.25, 0.3) is 0 Å². The summed E-state index contributed by atoms with van der Waals surface area (Å²) in [7, 11) is 4.17. The second-order valence-corrected chi connectivity index (χ2v) is 5.14. The number of unbranched alkanes of at least 4 members (excludes halogenated alkanes) is 1. The van der Waals surface area contributed by atoms with Gasteiger partial charge in [-0.2, -0.15) is 0 Å². The van der Waals surface area contributed by atoms with E-state index < -0.39 is 0 Å². The van der Waals surface area contributed by atoms with Gasteiger partial charge in [-0.3, -0.25) is 4.79 Å². The molecule has 1 saturated carbocycles. The van der Waals surface area contributed by atoms with Gasteiger partial charge in [-0.25, -0.2) is 0 Å². The van der Waals surface area contributed by atoms with Crippen LogP contribution in [-0.2, 0) is 4.79 Å². The molecule has 0 heterocycles. The van der Waals surface area contributed by atoms with Gasteiger partial charge >= 0.3 is 0 Å². The standard InChI is InChI=1S/C13H26N2O/c1-15(2)11-7-6-10-14-13(16)12-8-4-3-5-9-12/h12H,3-11H2,1-2H3,(H,14,16). The Kier molecular flexibility index (Phi) is 6.46. The lowest BCUT2D eigenvalue weighted by molar-refractivity contribution is -0.125. The van der Waals surface area contributed by atoms with E-state index in [0.29, 0.717) is 11.8 Å². The second kappa shape index (κ2) is 7.66. The number of amides is 1. The molecule has 0 radical (unpaired) electrons. The van der Waals surface area contributed by atoms with Crippen LogP contribution in [-0.4, -0.2) is 38.0 Å². The molecule has 0 saturated heterocycles. The molecule has 1 fully saturated rings. The average Bonchev–Trinajstić information content (AvgIpc) is 2.29. The summed E-state index contributed by atoms with van der Waals surface area (Å²) < 4.78 is 0. The van der Waals surface area contributed by atoms with Crippen LogP contribution < -0.4 is 5.32 Å². The highest BCUT2D eigenvalue weighted by Crippen LogP contribution is 2.23. The van der Waals surface area contributed by atoms with Crippen molar-refractivity contribution >= 4 is 5.91 Å². The van der Waals surface area contributed by atoms with E-state index >= 15 is 0 Å². The van der Waals surface area contributed by atoms with Crippen molar-refractivity contribution in [1.82, 2.24) is 10.2 Å². The molecule has 1 aliphatic rings. The molecule has 3 heteroatoms. The maximum atomic E-state index is 11.8.